The molecule has 32 heavy (non-hydrogen) atoms. The van der Waals surface area contributed by atoms with Crippen molar-refractivity contribution in [2.24, 2.45) is 0 Å². The lowest BCUT2D eigenvalue weighted by Gasteiger charge is -2.44. The average molecular weight is 453 g/mol. The van der Waals surface area contributed by atoms with Crippen LogP contribution in [0.5, 0.6) is 0 Å². The van der Waals surface area contributed by atoms with Gasteiger partial charge >= 0.3 is 5.97 Å². The second-order valence-electron chi connectivity index (χ2n) is 9.28. The molecule has 0 bridgehead atoms. The van der Waals surface area contributed by atoms with E-state index in [1.165, 1.54) is 10.4 Å². The Kier molecular flexibility index (Phi) is 8.46. The highest BCUT2D eigenvalue weighted by Crippen LogP contribution is 2.37. The van der Waals surface area contributed by atoms with Gasteiger partial charge in [0.05, 0.1) is 25.4 Å². The first-order valence-electron chi connectivity index (χ1n) is 11.6. The van der Waals surface area contributed by atoms with Crippen molar-refractivity contribution in [3.8, 4) is 0 Å². The molecule has 3 rings (SSSR count). The summed E-state index contributed by atoms with van der Waals surface area (Å²) >= 11 is 0. The molecule has 1 heterocycles. The van der Waals surface area contributed by atoms with Gasteiger partial charge in [-0.3, -0.25) is 4.79 Å². The van der Waals surface area contributed by atoms with Crippen molar-refractivity contribution in [2.75, 3.05) is 13.2 Å². The number of hydrogen-bond donors (Lipinski definition) is 0. The highest BCUT2D eigenvalue weighted by Gasteiger charge is 2.50. The summed E-state index contributed by atoms with van der Waals surface area (Å²) < 4.78 is 18.4. The van der Waals surface area contributed by atoms with Crippen molar-refractivity contribution in [1.82, 2.24) is 0 Å². The van der Waals surface area contributed by atoms with Crippen molar-refractivity contribution in [1.29, 1.82) is 0 Å². The Morgan fingerprint density at radius 2 is 1.62 bits per heavy atom. The van der Waals surface area contributed by atoms with Gasteiger partial charge in [0.15, 0.2) is 0 Å². The Morgan fingerprint density at radius 1 is 1.03 bits per heavy atom. The van der Waals surface area contributed by atoms with E-state index in [-0.39, 0.29) is 23.2 Å². The molecule has 0 aromatic heterocycles. The third-order valence-corrected chi connectivity index (χ3v) is 11.0. The van der Waals surface area contributed by atoms with Crippen LogP contribution in [-0.4, -0.2) is 39.7 Å². The lowest BCUT2D eigenvalue weighted by atomic mass is 10.1. The summed E-state index contributed by atoms with van der Waals surface area (Å²) in [6.45, 7) is 9.60. The van der Waals surface area contributed by atoms with E-state index in [0.717, 1.165) is 6.42 Å². The van der Waals surface area contributed by atoms with Crippen LogP contribution < -0.4 is 10.4 Å². The third-order valence-electron chi connectivity index (χ3n) is 5.96. The quantitative estimate of drug-likeness (QED) is 0.316. The molecule has 0 aliphatic carbocycles. The molecule has 0 saturated heterocycles. The molecule has 172 valence electrons. The maximum Gasteiger partial charge on any atom is 0.305 e. The molecule has 2 atom stereocenters. The van der Waals surface area contributed by atoms with Crippen molar-refractivity contribution in [3.05, 3.63) is 72.8 Å². The molecule has 4 nitrogen and oxygen atoms in total. The van der Waals surface area contributed by atoms with Crippen LogP contribution in [-0.2, 0) is 18.7 Å². The fourth-order valence-electron chi connectivity index (χ4n) is 4.47. The van der Waals surface area contributed by atoms with Crippen LogP contribution in [0.4, 0.5) is 0 Å². The lowest BCUT2D eigenvalue weighted by Crippen LogP contribution is -2.67. The zero-order valence-corrected chi connectivity index (χ0v) is 20.8. The highest BCUT2D eigenvalue weighted by atomic mass is 28.4. The predicted molar refractivity (Wildman–Crippen MR) is 132 cm³/mol. The molecule has 0 N–H and O–H groups in total. The van der Waals surface area contributed by atoms with Crippen LogP contribution in [0.25, 0.3) is 0 Å². The van der Waals surface area contributed by atoms with Crippen molar-refractivity contribution in [2.45, 2.75) is 64.2 Å². The first-order valence-corrected chi connectivity index (χ1v) is 13.5. The minimum Gasteiger partial charge on any atom is -0.466 e. The fraction of sp³-hybridized carbons (Fsp3) is 0.444. The molecule has 5 heteroatoms. The van der Waals surface area contributed by atoms with Gasteiger partial charge in [-0.05, 0) is 35.2 Å². The second-order valence-corrected chi connectivity index (χ2v) is 13.6. The topological polar surface area (TPSA) is 44.8 Å². The van der Waals surface area contributed by atoms with Crippen molar-refractivity contribution in [3.63, 3.8) is 0 Å². The summed E-state index contributed by atoms with van der Waals surface area (Å²) in [4.78, 5) is 11.7. The Labute approximate surface area is 193 Å². The highest BCUT2D eigenvalue weighted by molar-refractivity contribution is 6.99. The number of benzene rings is 2. The number of esters is 1. The molecule has 0 saturated carbocycles. The number of rotatable bonds is 9. The van der Waals surface area contributed by atoms with Gasteiger partial charge in [0.2, 0.25) is 0 Å². The summed E-state index contributed by atoms with van der Waals surface area (Å²) in [7, 11) is -2.58. The van der Waals surface area contributed by atoms with Crippen LogP contribution in [0.15, 0.2) is 72.8 Å². The zero-order chi connectivity index (χ0) is 23.0. The van der Waals surface area contributed by atoms with Gasteiger partial charge in [-0.15, -0.1) is 0 Å². The number of ether oxygens (including phenoxy) is 2. The third kappa shape index (κ3) is 5.77. The van der Waals surface area contributed by atoms with Crippen LogP contribution in [0.2, 0.25) is 5.04 Å². The molecule has 0 radical (unpaired) electrons. The molecule has 0 spiro atoms. The van der Waals surface area contributed by atoms with Crippen LogP contribution in [0, 0.1) is 0 Å². The Morgan fingerprint density at radius 3 is 2.16 bits per heavy atom. The summed E-state index contributed by atoms with van der Waals surface area (Å²) in [5.41, 5.74) is 0. The predicted octanol–water partition coefficient (Wildman–Crippen LogP) is 4.62. The van der Waals surface area contributed by atoms with E-state index in [0.29, 0.717) is 26.1 Å². The van der Waals surface area contributed by atoms with Gasteiger partial charge in [-0.25, -0.2) is 0 Å². The summed E-state index contributed by atoms with van der Waals surface area (Å²) in [6, 6.07) is 21.3. The van der Waals surface area contributed by atoms with Crippen LogP contribution >= 0.6 is 0 Å². The smallest absolute Gasteiger partial charge is 0.305 e. The van der Waals surface area contributed by atoms with Gasteiger partial charge in [0, 0.05) is 6.42 Å². The van der Waals surface area contributed by atoms with Crippen molar-refractivity contribution < 1.29 is 18.7 Å². The van der Waals surface area contributed by atoms with Gasteiger partial charge in [-0.1, -0.05) is 93.6 Å². The van der Waals surface area contributed by atoms with Gasteiger partial charge in [-0.2, -0.15) is 0 Å². The molecular formula is C27H36O4Si. The van der Waals surface area contributed by atoms with E-state index in [1.54, 1.807) is 0 Å². The zero-order valence-electron chi connectivity index (χ0n) is 19.8. The first-order chi connectivity index (χ1) is 15.4. The molecule has 0 fully saturated rings. The van der Waals surface area contributed by atoms with Gasteiger partial charge in [0.25, 0.3) is 8.32 Å². The number of carbonyl (C=O) groups excluding carboxylic acids is 1. The van der Waals surface area contributed by atoms with Crippen LogP contribution in [0.1, 0.15) is 47.0 Å². The Bertz CT molecular complexity index is 834. The van der Waals surface area contributed by atoms with Crippen LogP contribution in [0.3, 0.4) is 0 Å². The largest absolute Gasteiger partial charge is 0.466 e. The average Bonchev–Trinajstić information content (AvgIpc) is 2.79. The Hall–Kier alpha value is -2.21. The number of carbonyl (C=O) groups is 1. The monoisotopic (exact) mass is 452 g/mol. The fourth-order valence-corrected chi connectivity index (χ4v) is 9.07. The maximum atomic E-state index is 11.7. The van der Waals surface area contributed by atoms with Gasteiger partial charge < -0.3 is 13.9 Å². The SMILES string of the molecule is CCOC(=O)CC[C@@H]1C=CC[C@@H](CO[Si](c2ccccc2)(c2ccccc2)C(C)(C)C)O1. The van der Waals surface area contributed by atoms with E-state index in [9.17, 15) is 4.79 Å². The summed E-state index contributed by atoms with van der Waals surface area (Å²) in [5.74, 6) is -0.171. The standard InChI is InChI=1S/C27H36O4Si/c1-5-29-26(28)20-19-22-13-12-14-23(31-22)21-30-32(27(2,3)4,24-15-8-6-9-16-24)25-17-10-7-11-18-25/h6-13,15-18,22-23H,5,14,19-21H2,1-4H3/t22-,23-/m0/s1. The molecule has 0 unspecified atom stereocenters. The molecule has 1 aliphatic rings. The van der Waals surface area contributed by atoms with E-state index < -0.39 is 8.32 Å². The molecular weight excluding hydrogens is 416 g/mol. The molecule has 2 aromatic carbocycles. The first kappa shape index (κ1) is 24.4. The van der Waals surface area contributed by atoms with E-state index >= 15 is 0 Å². The minimum absolute atomic E-state index is 0.0335. The van der Waals surface area contributed by atoms with E-state index in [4.69, 9.17) is 13.9 Å². The maximum absolute atomic E-state index is 11.7. The second kappa shape index (κ2) is 11.1. The Balaban J connectivity index is 1.79. The van der Waals surface area contributed by atoms with E-state index in [2.05, 4.69) is 93.6 Å². The molecule has 1 aliphatic heterocycles. The summed E-state index contributed by atoms with van der Waals surface area (Å²) in [6.07, 6.45) is 5.90. The molecule has 2 aromatic rings. The van der Waals surface area contributed by atoms with Crippen molar-refractivity contribution >= 4 is 24.7 Å². The van der Waals surface area contributed by atoms with Gasteiger partial charge in [0.1, 0.15) is 0 Å². The normalized spacial score (nSPS) is 19.0. The summed E-state index contributed by atoms with van der Waals surface area (Å²) in [5, 5.41) is 2.47. The molecule has 0 amide bonds. The minimum atomic E-state index is -2.58. The number of hydrogen-bond acceptors (Lipinski definition) is 4. The van der Waals surface area contributed by atoms with E-state index in [1.807, 2.05) is 6.92 Å². The lowest BCUT2D eigenvalue weighted by molar-refractivity contribution is -0.144.